The van der Waals surface area contributed by atoms with Crippen LogP contribution in [-0.2, 0) is 15.6 Å². The number of carbonyl (C=O) groups is 1. The Morgan fingerprint density at radius 2 is 2.00 bits per heavy atom. The van der Waals surface area contributed by atoms with Gasteiger partial charge in [-0.25, -0.2) is 21.9 Å². The highest BCUT2D eigenvalue weighted by Crippen LogP contribution is 2.34. The van der Waals surface area contributed by atoms with Crippen molar-refractivity contribution in [2.24, 2.45) is 4.99 Å². The molecule has 1 aliphatic rings. The third kappa shape index (κ3) is 3.19. The summed E-state index contributed by atoms with van der Waals surface area (Å²) >= 11 is 0. The van der Waals surface area contributed by atoms with E-state index < -0.39 is 32.2 Å². The number of anilines is 1. The largest absolute Gasteiger partial charge is 0.463 e. The SMILES string of the molecule is CN1C[C@@](C)(c2cc(N)ccc2F)N/C(=N\C(=O)O)C(C)(C)S1(=O)=O. The summed E-state index contributed by atoms with van der Waals surface area (Å²) in [6, 6.07) is 3.95. The molecule has 1 amide bonds. The summed E-state index contributed by atoms with van der Waals surface area (Å²) in [4.78, 5) is 14.5. The number of hydrogen-bond donors (Lipinski definition) is 3. The summed E-state index contributed by atoms with van der Waals surface area (Å²) in [6.07, 6.45) is -1.55. The first-order valence-corrected chi connectivity index (χ1v) is 8.87. The molecule has 1 aromatic carbocycles. The van der Waals surface area contributed by atoms with Gasteiger partial charge in [0.2, 0.25) is 10.0 Å². The van der Waals surface area contributed by atoms with Crippen molar-refractivity contribution in [3.63, 3.8) is 0 Å². The summed E-state index contributed by atoms with van der Waals surface area (Å²) in [5.74, 6) is -0.877. The maximum absolute atomic E-state index is 14.4. The normalized spacial score (nSPS) is 27.5. The maximum atomic E-state index is 14.4. The molecule has 1 saturated heterocycles. The number of halogens is 1. The Hall–Kier alpha value is -2.20. The van der Waals surface area contributed by atoms with Gasteiger partial charge in [0.15, 0.2) is 0 Å². The predicted molar refractivity (Wildman–Crippen MR) is 92.4 cm³/mol. The van der Waals surface area contributed by atoms with E-state index in [0.717, 1.165) is 4.31 Å². The van der Waals surface area contributed by atoms with Crippen molar-refractivity contribution in [2.75, 3.05) is 19.3 Å². The molecule has 2 rings (SSSR count). The lowest BCUT2D eigenvalue weighted by Crippen LogP contribution is -2.52. The average molecular weight is 372 g/mol. The quantitative estimate of drug-likeness (QED) is 0.639. The lowest BCUT2D eigenvalue weighted by molar-refractivity contribution is 0.205. The van der Waals surface area contributed by atoms with Crippen molar-refractivity contribution in [3.8, 4) is 0 Å². The van der Waals surface area contributed by atoms with Gasteiger partial charge in [-0.1, -0.05) is 0 Å². The fourth-order valence-corrected chi connectivity index (χ4v) is 4.42. The molecule has 1 aromatic rings. The summed E-state index contributed by atoms with van der Waals surface area (Å²) in [5.41, 5.74) is 4.88. The van der Waals surface area contributed by atoms with Gasteiger partial charge in [0.1, 0.15) is 16.4 Å². The molecule has 0 spiro atoms. The number of sulfonamides is 1. The number of rotatable bonds is 1. The van der Waals surface area contributed by atoms with Gasteiger partial charge in [0.05, 0.1) is 5.54 Å². The number of nitrogen functional groups attached to an aromatic ring is 1. The Labute approximate surface area is 145 Å². The zero-order chi connectivity index (χ0) is 19.2. The fraction of sp³-hybridized carbons (Fsp3) is 0.467. The number of amides is 1. The Balaban J connectivity index is 2.74. The molecule has 1 fully saturated rings. The van der Waals surface area contributed by atoms with E-state index in [-0.39, 0.29) is 17.9 Å². The maximum Gasteiger partial charge on any atom is 0.432 e. The molecule has 0 unspecified atom stereocenters. The van der Waals surface area contributed by atoms with Gasteiger partial charge >= 0.3 is 6.09 Å². The van der Waals surface area contributed by atoms with Crippen LogP contribution >= 0.6 is 0 Å². The van der Waals surface area contributed by atoms with Crippen molar-refractivity contribution in [3.05, 3.63) is 29.6 Å². The fourth-order valence-electron chi connectivity index (χ4n) is 2.87. The highest BCUT2D eigenvalue weighted by molar-refractivity contribution is 7.91. The first kappa shape index (κ1) is 19.1. The molecule has 0 saturated carbocycles. The van der Waals surface area contributed by atoms with E-state index >= 15 is 0 Å². The van der Waals surface area contributed by atoms with E-state index in [2.05, 4.69) is 10.3 Å². The topological polar surface area (TPSA) is 125 Å². The molecular weight excluding hydrogens is 351 g/mol. The number of nitrogens with one attached hydrogen (secondary N) is 1. The van der Waals surface area contributed by atoms with Crippen molar-refractivity contribution in [1.82, 2.24) is 9.62 Å². The molecule has 1 atom stereocenters. The molecule has 138 valence electrons. The molecule has 1 aliphatic heterocycles. The van der Waals surface area contributed by atoms with Crippen LogP contribution in [0.2, 0.25) is 0 Å². The minimum atomic E-state index is -3.95. The molecule has 0 aromatic heterocycles. The van der Waals surface area contributed by atoms with Gasteiger partial charge in [0.25, 0.3) is 0 Å². The van der Waals surface area contributed by atoms with Gasteiger partial charge in [-0.05, 0) is 39.0 Å². The van der Waals surface area contributed by atoms with E-state index in [1.54, 1.807) is 6.92 Å². The van der Waals surface area contributed by atoms with Crippen LogP contribution in [0, 0.1) is 5.82 Å². The van der Waals surface area contributed by atoms with Crippen molar-refractivity contribution >= 4 is 27.6 Å². The predicted octanol–water partition coefficient (Wildman–Crippen LogP) is 1.34. The second-order valence-electron chi connectivity index (χ2n) is 6.71. The van der Waals surface area contributed by atoms with Crippen LogP contribution < -0.4 is 11.1 Å². The zero-order valence-corrected chi connectivity index (χ0v) is 15.2. The molecule has 25 heavy (non-hydrogen) atoms. The number of benzene rings is 1. The number of aliphatic imine (C=N–C) groups is 1. The number of carboxylic acid groups (broad SMARTS) is 1. The van der Waals surface area contributed by atoms with Crippen LogP contribution in [0.25, 0.3) is 0 Å². The lowest BCUT2D eigenvalue weighted by Gasteiger charge is -2.33. The first-order chi connectivity index (χ1) is 11.3. The summed E-state index contributed by atoms with van der Waals surface area (Å²) in [6.45, 7) is 4.11. The highest BCUT2D eigenvalue weighted by atomic mass is 32.2. The van der Waals surface area contributed by atoms with Gasteiger partial charge < -0.3 is 16.2 Å². The second kappa shape index (κ2) is 5.95. The molecule has 10 heteroatoms. The number of amidine groups is 1. The number of likely N-dealkylation sites (N-methyl/N-ethyl adjacent to an activating group) is 1. The molecule has 4 N–H and O–H groups in total. The van der Waals surface area contributed by atoms with Gasteiger partial charge in [-0.3, -0.25) is 0 Å². The van der Waals surface area contributed by atoms with Crippen LogP contribution in [0.4, 0.5) is 14.9 Å². The molecular formula is C15H21FN4O4S. The molecule has 0 radical (unpaired) electrons. The molecule has 0 aliphatic carbocycles. The van der Waals surface area contributed by atoms with E-state index in [1.165, 1.54) is 39.1 Å². The van der Waals surface area contributed by atoms with E-state index in [1.807, 2.05) is 0 Å². The van der Waals surface area contributed by atoms with Crippen molar-refractivity contribution < 1.29 is 22.7 Å². The van der Waals surface area contributed by atoms with E-state index in [4.69, 9.17) is 10.8 Å². The summed E-state index contributed by atoms with van der Waals surface area (Å²) < 4.78 is 39.5. The number of nitrogens with zero attached hydrogens (tertiary/aromatic N) is 2. The molecule has 0 bridgehead atoms. The highest BCUT2D eigenvalue weighted by Gasteiger charge is 2.50. The third-order valence-electron chi connectivity index (χ3n) is 4.35. The van der Waals surface area contributed by atoms with E-state index in [0.29, 0.717) is 5.69 Å². The van der Waals surface area contributed by atoms with Crippen LogP contribution in [0.3, 0.4) is 0 Å². The first-order valence-electron chi connectivity index (χ1n) is 7.43. The summed E-state index contributed by atoms with van der Waals surface area (Å²) in [5, 5.41) is 11.9. The Bertz CT molecular complexity index is 853. The second-order valence-corrected chi connectivity index (χ2v) is 9.30. The Morgan fingerprint density at radius 1 is 1.40 bits per heavy atom. The average Bonchev–Trinajstić information content (AvgIpc) is 2.51. The van der Waals surface area contributed by atoms with Crippen LogP contribution in [0.15, 0.2) is 23.2 Å². The van der Waals surface area contributed by atoms with Gasteiger partial charge in [0, 0.05) is 24.8 Å². The monoisotopic (exact) mass is 372 g/mol. The third-order valence-corrected chi connectivity index (χ3v) is 6.78. The Morgan fingerprint density at radius 3 is 2.56 bits per heavy atom. The minimum absolute atomic E-state index is 0.116. The molecule has 1 heterocycles. The standard InChI is InChI=1S/C15H21FN4O4S/c1-14(2)12(18-13(21)22)19-15(3,8-20(4)25(14,23)24)10-7-9(17)5-6-11(10)16/h5-7H,8,17H2,1-4H3,(H,18,19)(H,21,22)/t15-/m0/s1. The lowest BCUT2D eigenvalue weighted by atomic mass is 9.90. The van der Waals surface area contributed by atoms with Crippen LogP contribution in [0.1, 0.15) is 26.3 Å². The van der Waals surface area contributed by atoms with Crippen molar-refractivity contribution in [2.45, 2.75) is 31.1 Å². The minimum Gasteiger partial charge on any atom is -0.463 e. The van der Waals surface area contributed by atoms with Gasteiger partial charge in [-0.15, -0.1) is 0 Å². The van der Waals surface area contributed by atoms with Crippen molar-refractivity contribution in [1.29, 1.82) is 0 Å². The number of nitrogens with two attached hydrogens (primary N) is 1. The number of hydrogen-bond acceptors (Lipinski definition) is 4. The van der Waals surface area contributed by atoms with E-state index in [9.17, 15) is 17.6 Å². The van der Waals surface area contributed by atoms with Crippen LogP contribution in [-0.4, -0.2) is 48.1 Å². The smallest absolute Gasteiger partial charge is 0.432 e. The van der Waals surface area contributed by atoms with Gasteiger partial charge in [-0.2, -0.15) is 4.99 Å². The Kier molecular flexibility index (Phi) is 4.56. The molecule has 8 nitrogen and oxygen atoms in total. The van der Waals surface area contributed by atoms with Crippen LogP contribution in [0.5, 0.6) is 0 Å². The zero-order valence-electron chi connectivity index (χ0n) is 14.4. The summed E-state index contributed by atoms with van der Waals surface area (Å²) in [7, 11) is -2.60.